The van der Waals surface area contributed by atoms with Gasteiger partial charge < -0.3 is 10.2 Å². The van der Waals surface area contributed by atoms with Crippen molar-refractivity contribution in [3.8, 4) is 0 Å². The lowest BCUT2D eigenvalue weighted by molar-refractivity contribution is -0.276. The summed E-state index contributed by atoms with van der Waals surface area (Å²) in [7, 11) is 0. The van der Waals surface area contributed by atoms with Crippen LogP contribution in [0.25, 0.3) is 0 Å². The predicted molar refractivity (Wildman–Crippen MR) is 49.7 cm³/mol. The highest BCUT2D eigenvalue weighted by Crippen LogP contribution is 2.38. The molecule has 0 radical (unpaired) electrons. The molecular formula is C9H13F5N2O. The van der Waals surface area contributed by atoms with Gasteiger partial charge in [-0.05, 0) is 13.8 Å². The van der Waals surface area contributed by atoms with E-state index in [1.165, 1.54) is 13.8 Å². The van der Waals surface area contributed by atoms with E-state index in [2.05, 4.69) is 5.32 Å². The second-order valence-corrected chi connectivity index (χ2v) is 4.52. The second-order valence-electron chi connectivity index (χ2n) is 4.52. The summed E-state index contributed by atoms with van der Waals surface area (Å²) in [6, 6.07) is 0. The van der Waals surface area contributed by atoms with E-state index >= 15 is 0 Å². The molecule has 1 aliphatic rings. The number of piperazine rings is 1. The van der Waals surface area contributed by atoms with Gasteiger partial charge in [0.1, 0.15) is 0 Å². The molecule has 0 aromatic rings. The molecule has 100 valence electrons. The van der Waals surface area contributed by atoms with Crippen molar-refractivity contribution in [2.75, 3.05) is 19.6 Å². The Bertz CT molecular complexity index is 313. The van der Waals surface area contributed by atoms with Crippen molar-refractivity contribution < 1.29 is 26.7 Å². The SMILES string of the molecule is CC1(C)CNCCN1C(=O)C(F)(F)C(F)(F)F. The maximum atomic E-state index is 12.9. The van der Waals surface area contributed by atoms with E-state index in [9.17, 15) is 26.7 Å². The van der Waals surface area contributed by atoms with Crippen LogP contribution in [0.15, 0.2) is 0 Å². The maximum Gasteiger partial charge on any atom is 0.463 e. The summed E-state index contributed by atoms with van der Waals surface area (Å²) in [6.45, 7) is 3.07. The molecule has 0 aromatic carbocycles. The van der Waals surface area contributed by atoms with Crippen molar-refractivity contribution in [1.29, 1.82) is 0 Å². The summed E-state index contributed by atoms with van der Waals surface area (Å²) in [6.07, 6.45) is -5.86. The van der Waals surface area contributed by atoms with Crippen LogP contribution in [0.3, 0.4) is 0 Å². The lowest BCUT2D eigenvalue weighted by Crippen LogP contribution is -2.65. The standard InChI is InChI=1S/C9H13F5N2O/c1-7(2)5-15-3-4-16(7)6(17)8(10,11)9(12,13)14/h15H,3-5H2,1-2H3. The monoisotopic (exact) mass is 260 g/mol. The molecule has 1 saturated heterocycles. The largest absolute Gasteiger partial charge is 0.463 e. The number of hydrogen-bond donors (Lipinski definition) is 1. The minimum absolute atomic E-state index is 0.169. The van der Waals surface area contributed by atoms with Crippen molar-refractivity contribution in [3.05, 3.63) is 0 Å². The topological polar surface area (TPSA) is 32.3 Å². The predicted octanol–water partition coefficient (Wildman–Crippen LogP) is 1.39. The molecule has 0 spiro atoms. The molecule has 3 nitrogen and oxygen atoms in total. The van der Waals surface area contributed by atoms with Gasteiger partial charge >= 0.3 is 18.0 Å². The number of amides is 1. The highest BCUT2D eigenvalue weighted by Gasteiger charge is 2.65. The number of halogens is 5. The minimum Gasteiger partial charge on any atom is -0.329 e. The molecule has 0 atom stereocenters. The molecule has 1 heterocycles. The third-order valence-electron chi connectivity index (χ3n) is 2.67. The quantitative estimate of drug-likeness (QED) is 0.723. The van der Waals surface area contributed by atoms with Gasteiger partial charge in [0.05, 0.1) is 0 Å². The molecule has 1 rings (SSSR count). The summed E-state index contributed by atoms with van der Waals surface area (Å²) in [5.74, 6) is -7.52. The van der Waals surface area contributed by atoms with Gasteiger partial charge in [-0.1, -0.05) is 0 Å². The molecule has 17 heavy (non-hydrogen) atoms. The summed E-state index contributed by atoms with van der Waals surface area (Å²) in [4.78, 5) is 11.9. The van der Waals surface area contributed by atoms with E-state index in [1.54, 1.807) is 0 Å². The van der Waals surface area contributed by atoms with E-state index in [0.717, 1.165) is 0 Å². The fraction of sp³-hybridized carbons (Fsp3) is 0.889. The molecule has 0 aliphatic carbocycles. The summed E-state index contributed by atoms with van der Waals surface area (Å²) in [5, 5.41) is 2.83. The summed E-state index contributed by atoms with van der Waals surface area (Å²) < 4.78 is 62.1. The van der Waals surface area contributed by atoms with E-state index < -0.39 is 23.5 Å². The van der Waals surface area contributed by atoms with Crippen LogP contribution in [0.2, 0.25) is 0 Å². The average molecular weight is 260 g/mol. The Morgan fingerprint density at radius 2 is 1.76 bits per heavy atom. The molecule has 1 fully saturated rings. The van der Waals surface area contributed by atoms with Gasteiger partial charge in [-0.15, -0.1) is 0 Å². The highest BCUT2D eigenvalue weighted by atomic mass is 19.4. The Morgan fingerprint density at radius 3 is 2.18 bits per heavy atom. The summed E-state index contributed by atoms with van der Waals surface area (Å²) >= 11 is 0. The minimum atomic E-state index is -5.86. The Balaban J connectivity index is 2.96. The molecule has 1 N–H and O–H groups in total. The lowest BCUT2D eigenvalue weighted by atomic mass is 9.99. The average Bonchev–Trinajstić information content (AvgIpc) is 2.14. The van der Waals surface area contributed by atoms with Gasteiger partial charge in [-0.2, -0.15) is 22.0 Å². The van der Waals surface area contributed by atoms with Gasteiger partial charge in [-0.3, -0.25) is 4.79 Å². The number of nitrogens with zero attached hydrogens (tertiary/aromatic N) is 1. The highest BCUT2D eigenvalue weighted by molar-refractivity contribution is 5.85. The third-order valence-corrected chi connectivity index (χ3v) is 2.67. The van der Waals surface area contributed by atoms with Crippen LogP contribution in [-0.2, 0) is 4.79 Å². The van der Waals surface area contributed by atoms with E-state index in [4.69, 9.17) is 0 Å². The molecule has 0 saturated carbocycles. The Morgan fingerprint density at radius 1 is 1.24 bits per heavy atom. The van der Waals surface area contributed by atoms with Crippen molar-refractivity contribution in [2.24, 2.45) is 0 Å². The molecule has 1 aliphatic heterocycles. The van der Waals surface area contributed by atoms with E-state index in [0.29, 0.717) is 4.90 Å². The zero-order valence-electron chi connectivity index (χ0n) is 9.37. The molecule has 0 bridgehead atoms. The van der Waals surface area contributed by atoms with Crippen LogP contribution < -0.4 is 5.32 Å². The molecule has 8 heteroatoms. The van der Waals surface area contributed by atoms with E-state index in [-0.39, 0.29) is 19.6 Å². The first-order valence-electron chi connectivity index (χ1n) is 4.97. The lowest BCUT2D eigenvalue weighted by Gasteiger charge is -2.44. The first-order chi connectivity index (χ1) is 7.50. The zero-order chi connectivity index (χ0) is 13.5. The number of rotatable bonds is 1. The van der Waals surface area contributed by atoms with Gasteiger partial charge in [0.15, 0.2) is 0 Å². The molecular weight excluding hydrogens is 247 g/mol. The first kappa shape index (κ1) is 14.1. The number of carbonyl (C=O) groups excluding carboxylic acids is 1. The fourth-order valence-corrected chi connectivity index (χ4v) is 1.65. The van der Waals surface area contributed by atoms with Crippen LogP contribution in [0.1, 0.15) is 13.8 Å². The molecule has 0 unspecified atom stereocenters. The fourth-order valence-electron chi connectivity index (χ4n) is 1.65. The van der Waals surface area contributed by atoms with Crippen molar-refractivity contribution in [1.82, 2.24) is 10.2 Å². The Kier molecular flexibility index (Phi) is 3.39. The number of alkyl halides is 5. The van der Waals surface area contributed by atoms with Gasteiger partial charge in [0, 0.05) is 25.2 Å². The first-order valence-corrected chi connectivity index (χ1v) is 4.97. The zero-order valence-corrected chi connectivity index (χ0v) is 9.37. The van der Waals surface area contributed by atoms with Crippen LogP contribution in [0.5, 0.6) is 0 Å². The van der Waals surface area contributed by atoms with Crippen LogP contribution in [0.4, 0.5) is 22.0 Å². The van der Waals surface area contributed by atoms with Gasteiger partial charge in [0.2, 0.25) is 0 Å². The number of nitrogens with one attached hydrogen (secondary N) is 1. The summed E-state index contributed by atoms with van der Waals surface area (Å²) in [5.41, 5.74) is -1.07. The van der Waals surface area contributed by atoms with E-state index in [1.807, 2.05) is 0 Å². The maximum absolute atomic E-state index is 12.9. The Hall–Kier alpha value is -0.920. The molecule has 0 aromatic heterocycles. The second kappa shape index (κ2) is 4.08. The van der Waals surface area contributed by atoms with Crippen LogP contribution in [0, 0.1) is 0 Å². The number of hydrogen-bond acceptors (Lipinski definition) is 2. The normalized spacial score (nSPS) is 21.5. The van der Waals surface area contributed by atoms with Crippen molar-refractivity contribution in [2.45, 2.75) is 31.5 Å². The van der Waals surface area contributed by atoms with Gasteiger partial charge in [0.25, 0.3) is 0 Å². The van der Waals surface area contributed by atoms with Gasteiger partial charge in [-0.25, -0.2) is 0 Å². The van der Waals surface area contributed by atoms with Crippen molar-refractivity contribution in [3.63, 3.8) is 0 Å². The van der Waals surface area contributed by atoms with Crippen LogP contribution in [-0.4, -0.2) is 48.1 Å². The van der Waals surface area contributed by atoms with Crippen molar-refractivity contribution >= 4 is 5.91 Å². The molecule has 1 amide bonds. The third kappa shape index (κ3) is 2.51. The number of carbonyl (C=O) groups is 1. The van der Waals surface area contributed by atoms with Crippen LogP contribution >= 0.6 is 0 Å². The smallest absolute Gasteiger partial charge is 0.329 e. The Labute approximate surface area is 95.0 Å².